The highest BCUT2D eigenvalue weighted by Crippen LogP contribution is 2.24. The molecule has 1 aromatic heterocycles. The average Bonchev–Trinajstić information content (AvgIpc) is 2.86. The molecular weight excluding hydrogens is 268 g/mol. The molecule has 110 valence electrons. The van der Waals surface area contributed by atoms with Crippen LogP contribution in [0.5, 0.6) is 5.75 Å². The van der Waals surface area contributed by atoms with Gasteiger partial charge in [0.25, 0.3) is 0 Å². The van der Waals surface area contributed by atoms with Crippen molar-refractivity contribution in [3.8, 4) is 5.75 Å². The quantitative estimate of drug-likeness (QED) is 0.861. The first-order chi connectivity index (χ1) is 10.1. The lowest BCUT2D eigenvalue weighted by atomic mass is 10.1. The van der Waals surface area contributed by atoms with Crippen LogP contribution in [0.3, 0.4) is 0 Å². The Labute approximate surface area is 123 Å². The lowest BCUT2D eigenvalue weighted by Crippen LogP contribution is -2.41. The van der Waals surface area contributed by atoms with Crippen molar-refractivity contribution in [2.45, 2.75) is 33.0 Å². The first-order valence-electron chi connectivity index (χ1n) is 6.92. The van der Waals surface area contributed by atoms with E-state index in [-0.39, 0.29) is 11.9 Å². The van der Waals surface area contributed by atoms with E-state index in [2.05, 4.69) is 10.2 Å². The van der Waals surface area contributed by atoms with E-state index < -0.39 is 0 Å². The van der Waals surface area contributed by atoms with Crippen LogP contribution in [0.1, 0.15) is 30.2 Å². The van der Waals surface area contributed by atoms with E-state index in [4.69, 9.17) is 4.74 Å². The standard InChI is InChI=1S/C15H18N4O2/c1-10-15(20)18(9-14-17-16-11(2)19(10)14)8-12-4-6-13(21-3)7-5-12/h4-7,10H,8-9H2,1-3H3/t10-/m0/s1. The SMILES string of the molecule is COc1ccc(CN2Cc3nnc(C)n3[C@@H](C)C2=O)cc1. The van der Waals surface area contributed by atoms with Gasteiger partial charge in [0.05, 0.1) is 13.7 Å². The van der Waals surface area contributed by atoms with Gasteiger partial charge in [0.1, 0.15) is 17.6 Å². The van der Waals surface area contributed by atoms with E-state index in [9.17, 15) is 4.79 Å². The second-order valence-electron chi connectivity index (χ2n) is 5.25. The molecule has 0 saturated carbocycles. The van der Waals surface area contributed by atoms with Gasteiger partial charge in [-0.3, -0.25) is 4.79 Å². The van der Waals surface area contributed by atoms with Crippen molar-refractivity contribution in [1.82, 2.24) is 19.7 Å². The summed E-state index contributed by atoms with van der Waals surface area (Å²) in [6, 6.07) is 7.50. The minimum absolute atomic E-state index is 0.0984. The maximum atomic E-state index is 12.5. The number of hydrogen-bond acceptors (Lipinski definition) is 4. The van der Waals surface area contributed by atoms with Gasteiger partial charge in [-0.25, -0.2) is 0 Å². The highest BCUT2D eigenvalue weighted by atomic mass is 16.5. The molecule has 1 amide bonds. The largest absolute Gasteiger partial charge is 0.497 e. The predicted octanol–water partition coefficient (Wildman–Crippen LogP) is 1.70. The van der Waals surface area contributed by atoms with E-state index in [0.717, 1.165) is 23.0 Å². The Hall–Kier alpha value is -2.37. The molecule has 1 aliphatic heterocycles. The van der Waals surface area contributed by atoms with Crippen LogP contribution in [0.4, 0.5) is 0 Å². The van der Waals surface area contributed by atoms with Gasteiger partial charge in [0.2, 0.25) is 5.91 Å². The Morgan fingerprint density at radius 1 is 1.29 bits per heavy atom. The summed E-state index contributed by atoms with van der Waals surface area (Å²) in [4.78, 5) is 14.3. The van der Waals surface area contributed by atoms with Crippen LogP contribution in [0.2, 0.25) is 0 Å². The fraction of sp³-hybridized carbons (Fsp3) is 0.400. The number of ether oxygens (including phenoxy) is 1. The number of hydrogen-bond donors (Lipinski definition) is 0. The zero-order valence-electron chi connectivity index (χ0n) is 12.4. The summed E-state index contributed by atoms with van der Waals surface area (Å²) >= 11 is 0. The Balaban J connectivity index is 1.81. The predicted molar refractivity (Wildman–Crippen MR) is 76.7 cm³/mol. The normalized spacial score (nSPS) is 17.8. The summed E-state index contributed by atoms with van der Waals surface area (Å²) < 4.78 is 7.05. The molecule has 0 N–H and O–H groups in total. The lowest BCUT2D eigenvalue weighted by Gasteiger charge is -2.32. The highest BCUT2D eigenvalue weighted by molar-refractivity contribution is 5.81. The van der Waals surface area contributed by atoms with Crippen molar-refractivity contribution < 1.29 is 9.53 Å². The van der Waals surface area contributed by atoms with Gasteiger partial charge in [0, 0.05) is 6.54 Å². The third-order valence-corrected chi connectivity index (χ3v) is 3.86. The number of aryl methyl sites for hydroxylation is 1. The second kappa shape index (κ2) is 5.20. The number of carbonyl (C=O) groups excluding carboxylic acids is 1. The van der Waals surface area contributed by atoms with E-state index in [1.54, 1.807) is 7.11 Å². The molecule has 6 nitrogen and oxygen atoms in total. The molecule has 2 heterocycles. The molecule has 21 heavy (non-hydrogen) atoms. The van der Waals surface area contributed by atoms with Gasteiger partial charge < -0.3 is 14.2 Å². The molecule has 0 fully saturated rings. The van der Waals surface area contributed by atoms with Crippen molar-refractivity contribution >= 4 is 5.91 Å². The molecule has 0 radical (unpaired) electrons. The summed E-state index contributed by atoms with van der Waals surface area (Å²) in [5.74, 6) is 2.54. The summed E-state index contributed by atoms with van der Waals surface area (Å²) in [7, 11) is 1.64. The van der Waals surface area contributed by atoms with Gasteiger partial charge in [0.15, 0.2) is 5.82 Å². The summed E-state index contributed by atoms with van der Waals surface area (Å²) in [5.41, 5.74) is 1.07. The van der Waals surface area contributed by atoms with Crippen LogP contribution >= 0.6 is 0 Å². The molecule has 0 aliphatic carbocycles. The Kier molecular flexibility index (Phi) is 3.37. The van der Waals surface area contributed by atoms with Gasteiger partial charge in [-0.2, -0.15) is 0 Å². The molecule has 3 rings (SSSR count). The van der Waals surface area contributed by atoms with Crippen LogP contribution in [-0.2, 0) is 17.9 Å². The number of carbonyl (C=O) groups is 1. The van der Waals surface area contributed by atoms with Crippen molar-refractivity contribution in [1.29, 1.82) is 0 Å². The van der Waals surface area contributed by atoms with Gasteiger partial charge in [-0.15, -0.1) is 10.2 Å². The highest BCUT2D eigenvalue weighted by Gasteiger charge is 2.32. The molecule has 0 bridgehead atoms. The van der Waals surface area contributed by atoms with Crippen LogP contribution in [0.15, 0.2) is 24.3 Å². The number of fused-ring (bicyclic) bond motifs is 1. The lowest BCUT2D eigenvalue weighted by molar-refractivity contribution is -0.137. The van der Waals surface area contributed by atoms with Crippen LogP contribution in [0, 0.1) is 6.92 Å². The molecule has 0 saturated heterocycles. The Morgan fingerprint density at radius 2 is 2.00 bits per heavy atom. The molecule has 0 spiro atoms. The summed E-state index contributed by atoms with van der Waals surface area (Å²) in [5, 5.41) is 8.22. The fourth-order valence-electron chi connectivity index (χ4n) is 2.73. The van der Waals surface area contributed by atoms with E-state index in [1.165, 1.54) is 0 Å². The van der Waals surface area contributed by atoms with E-state index >= 15 is 0 Å². The number of nitrogens with zero attached hydrogens (tertiary/aromatic N) is 4. The molecule has 0 unspecified atom stereocenters. The zero-order valence-corrected chi connectivity index (χ0v) is 12.4. The molecule has 6 heteroatoms. The molecule has 1 aliphatic rings. The Bertz CT molecular complexity index is 663. The number of amides is 1. The summed E-state index contributed by atoms with van der Waals surface area (Å²) in [6.07, 6.45) is 0. The topological polar surface area (TPSA) is 60.2 Å². The van der Waals surface area contributed by atoms with Crippen molar-refractivity contribution in [3.05, 3.63) is 41.5 Å². The third kappa shape index (κ3) is 2.37. The first-order valence-corrected chi connectivity index (χ1v) is 6.92. The monoisotopic (exact) mass is 286 g/mol. The zero-order chi connectivity index (χ0) is 15.0. The van der Waals surface area contributed by atoms with Gasteiger partial charge in [-0.1, -0.05) is 12.1 Å². The number of rotatable bonds is 3. The number of aromatic nitrogens is 3. The van der Waals surface area contributed by atoms with E-state index in [1.807, 2.05) is 47.6 Å². The maximum Gasteiger partial charge on any atom is 0.246 e. The van der Waals surface area contributed by atoms with Crippen LogP contribution in [-0.4, -0.2) is 32.7 Å². The summed E-state index contributed by atoms with van der Waals surface area (Å²) in [6.45, 7) is 4.83. The second-order valence-corrected chi connectivity index (χ2v) is 5.25. The first kappa shape index (κ1) is 13.6. The third-order valence-electron chi connectivity index (χ3n) is 3.86. The molecule has 1 atom stereocenters. The van der Waals surface area contributed by atoms with Crippen LogP contribution < -0.4 is 4.74 Å². The van der Waals surface area contributed by atoms with Crippen molar-refractivity contribution in [2.75, 3.05) is 7.11 Å². The van der Waals surface area contributed by atoms with E-state index in [0.29, 0.717) is 13.1 Å². The number of methoxy groups -OCH3 is 1. The van der Waals surface area contributed by atoms with Crippen molar-refractivity contribution in [3.63, 3.8) is 0 Å². The number of benzene rings is 1. The maximum absolute atomic E-state index is 12.5. The van der Waals surface area contributed by atoms with Crippen molar-refractivity contribution in [2.24, 2.45) is 0 Å². The average molecular weight is 286 g/mol. The van der Waals surface area contributed by atoms with Gasteiger partial charge in [-0.05, 0) is 31.5 Å². The smallest absolute Gasteiger partial charge is 0.246 e. The minimum atomic E-state index is -0.248. The van der Waals surface area contributed by atoms with Gasteiger partial charge >= 0.3 is 0 Å². The molecule has 1 aromatic carbocycles. The molecular formula is C15H18N4O2. The molecule has 2 aromatic rings. The minimum Gasteiger partial charge on any atom is -0.497 e. The Morgan fingerprint density at radius 3 is 2.67 bits per heavy atom. The van der Waals surface area contributed by atoms with Crippen LogP contribution in [0.25, 0.3) is 0 Å². The fourth-order valence-corrected chi connectivity index (χ4v) is 2.73.